The Morgan fingerprint density at radius 1 is 0.650 bits per heavy atom. The molecule has 14 heteroatoms. The molecule has 0 saturated carbocycles. The highest BCUT2D eigenvalue weighted by molar-refractivity contribution is 5.67. The number of hydrogen-bond donors (Lipinski definition) is 0. The number of aromatic nitrogens is 6. The number of rotatable bonds is 8. The average Bonchev–Trinajstić information content (AvgIpc) is 3.48. The van der Waals surface area contributed by atoms with Crippen molar-refractivity contribution < 1.29 is 18.6 Å². The molecule has 0 radical (unpaired) electrons. The van der Waals surface area contributed by atoms with Gasteiger partial charge in [0.05, 0.1) is 53.8 Å². The van der Waals surface area contributed by atoms with Crippen molar-refractivity contribution in [1.29, 1.82) is 0 Å². The van der Waals surface area contributed by atoms with Crippen LogP contribution in [0.15, 0.2) is 69.5 Å². The Balaban J connectivity index is 1.26. The van der Waals surface area contributed by atoms with Gasteiger partial charge in [0.2, 0.25) is 12.7 Å². The maximum Gasteiger partial charge on any atom is 0.403 e. The Kier molecular flexibility index (Phi) is 7.66. The molecule has 3 heterocycles. The molecule has 1 aliphatic heterocycles. The fraction of sp³-hybridized carbons (Fsp3) is 0.385. The van der Waals surface area contributed by atoms with E-state index in [1.807, 2.05) is 73.7 Å². The molecule has 1 saturated heterocycles. The van der Waals surface area contributed by atoms with Crippen LogP contribution in [0.2, 0.25) is 0 Å². The van der Waals surface area contributed by atoms with Gasteiger partial charge in [0.25, 0.3) is 0 Å². The summed E-state index contributed by atoms with van der Waals surface area (Å²) in [7, 11) is 10.8. The van der Waals surface area contributed by atoms with Gasteiger partial charge in [0, 0.05) is 48.5 Å². The SMILES string of the molecule is COc1cc(N=Nc2n(C)nc[n+]2C)ccc1N1CCN(c2ccc(N=Nc3n(C)nc[n+]3C)cc2OC)CC1. The second-order valence-electron chi connectivity index (χ2n) is 9.42. The van der Waals surface area contributed by atoms with Gasteiger partial charge in [-0.05, 0) is 34.5 Å². The first-order chi connectivity index (χ1) is 19.4. The number of methoxy groups -OCH3 is 2. The Hall–Kier alpha value is -4.88. The molecular formula is C26H34N12O2+2. The number of ether oxygens (including phenoxy) is 2. The lowest BCUT2D eigenvalue weighted by Crippen LogP contribution is -2.46. The van der Waals surface area contributed by atoms with E-state index in [1.165, 1.54) is 0 Å². The summed E-state index contributed by atoms with van der Waals surface area (Å²) < 4.78 is 18.4. The number of piperazine rings is 1. The first-order valence-electron chi connectivity index (χ1n) is 12.8. The van der Waals surface area contributed by atoms with E-state index in [0.29, 0.717) is 23.3 Å². The van der Waals surface area contributed by atoms with E-state index in [0.717, 1.165) is 49.1 Å². The number of benzene rings is 2. The van der Waals surface area contributed by atoms with Crippen molar-refractivity contribution in [3.8, 4) is 11.5 Å². The summed E-state index contributed by atoms with van der Waals surface area (Å²) in [5.74, 6) is 2.81. The van der Waals surface area contributed by atoms with Gasteiger partial charge in [-0.3, -0.25) is 0 Å². The van der Waals surface area contributed by atoms with Crippen LogP contribution in [-0.2, 0) is 28.2 Å². The molecule has 1 aliphatic rings. The van der Waals surface area contributed by atoms with Gasteiger partial charge in [0.1, 0.15) is 22.9 Å². The molecule has 5 rings (SSSR count). The fourth-order valence-corrected chi connectivity index (χ4v) is 4.62. The molecule has 0 bridgehead atoms. The van der Waals surface area contributed by atoms with Crippen molar-refractivity contribution in [1.82, 2.24) is 19.6 Å². The van der Waals surface area contributed by atoms with E-state index in [-0.39, 0.29) is 0 Å². The minimum absolute atomic E-state index is 0.646. The molecule has 40 heavy (non-hydrogen) atoms. The highest BCUT2D eigenvalue weighted by Gasteiger charge is 2.23. The van der Waals surface area contributed by atoms with Gasteiger partial charge in [-0.1, -0.05) is 10.2 Å². The third kappa shape index (κ3) is 5.46. The van der Waals surface area contributed by atoms with Gasteiger partial charge >= 0.3 is 11.9 Å². The molecule has 0 unspecified atom stereocenters. The minimum atomic E-state index is 0.646. The largest absolute Gasteiger partial charge is 0.495 e. The van der Waals surface area contributed by atoms with Crippen molar-refractivity contribution in [2.75, 3.05) is 50.2 Å². The summed E-state index contributed by atoms with van der Waals surface area (Å²) in [6.45, 7) is 3.29. The van der Waals surface area contributed by atoms with Crippen LogP contribution in [0.4, 0.5) is 34.6 Å². The van der Waals surface area contributed by atoms with Crippen LogP contribution in [0, 0.1) is 0 Å². The molecule has 0 N–H and O–H groups in total. The van der Waals surface area contributed by atoms with Crippen LogP contribution in [0.3, 0.4) is 0 Å². The Morgan fingerprint density at radius 3 is 1.38 bits per heavy atom. The van der Waals surface area contributed by atoms with Crippen molar-refractivity contribution in [2.24, 2.45) is 48.6 Å². The first kappa shape index (κ1) is 26.7. The van der Waals surface area contributed by atoms with E-state index < -0.39 is 0 Å². The van der Waals surface area contributed by atoms with E-state index in [9.17, 15) is 0 Å². The zero-order chi connectivity index (χ0) is 28.2. The van der Waals surface area contributed by atoms with Crippen LogP contribution in [0.5, 0.6) is 11.5 Å². The number of hydrogen-bond acceptors (Lipinski definition) is 10. The summed E-state index contributed by atoms with van der Waals surface area (Å²) in [6.07, 6.45) is 3.38. The number of aryl methyl sites for hydroxylation is 4. The monoisotopic (exact) mass is 546 g/mol. The third-order valence-corrected chi connectivity index (χ3v) is 6.80. The van der Waals surface area contributed by atoms with Crippen molar-refractivity contribution in [2.45, 2.75) is 0 Å². The van der Waals surface area contributed by atoms with Crippen LogP contribution < -0.4 is 28.4 Å². The Bertz CT molecular complexity index is 1390. The van der Waals surface area contributed by atoms with Gasteiger partial charge in [-0.15, -0.1) is 9.36 Å². The molecule has 2 aromatic heterocycles. The smallest absolute Gasteiger partial charge is 0.403 e. The summed E-state index contributed by atoms with van der Waals surface area (Å²) in [6, 6.07) is 11.8. The first-order valence-corrected chi connectivity index (χ1v) is 12.8. The second kappa shape index (κ2) is 11.5. The van der Waals surface area contributed by atoms with Crippen molar-refractivity contribution >= 4 is 34.6 Å². The molecule has 0 amide bonds. The lowest BCUT2D eigenvalue weighted by molar-refractivity contribution is -0.659. The van der Waals surface area contributed by atoms with Gasteiger partial charge in [0.15, 0.2) is 0 Å². The average molecular weight is 547 g/mol. The summed E-state index contributed by atoms with van der Waals surface area (Å²) >= 11 is 0. The molecule has 14 nitrogen and oxygen atoms in total. The van der Waals surface area contributed by atoms with Crippen LogP contribution in [0.25, 0.3) is 0 Å². The lowest BCUT2D eigenvalue weighted by Gasteiger charge is -2.38. The molecule has 208 valence electrons. The quantitative estimate of drug-likeness (QED) is 0.248. The predicted molar refractivity (Wildman–Crippen MR) is 148 cm³/mol. The Labute approximate surface area is 232 Å². The molecule has 4 aromatic rings. The van der Waals surface area contributed by atoms with Crippen LogP contribution in [0.1, 0.15) is 0 Å². The zero-order valence-electron chi connectivity index (χ0n) is 23.6. The molecule has 0 spiro atoms. The van der Waals surface area contributed by atoms with Gasteiger partial charge in [-0.2, -0.15) is 0 Å². The molecule has 0 aliphatic carbocycles. The normalized spacial score (nSPS) is 14.1. The molecule has 0 atom stereocenters. The fourth-order valence-electron chi connectivity index (χ4n) is 4.62. The molecule has 2 aromatic carbocycles. The topological polar surface area (TPSA) is 118 Å². The lowest BCUT2D eigenvalue weighted by atomic mass is 10.2. The Morgan fingerprint density at radius 2 is 1.05 bits per heavy atom. The number of anilines is 2. The van der Waals surface area contributed by atoms with E-state index in [2.05, 4.69) is 40.5 Å². The van der Waals surface area contributed by atoms with E-state index in [4.69, 9.17) is 9.47 Å². The highest BCUT2D eigenvalue weighted by atomic mass is 16.5. The predicted octanol–water partition coefficient (Wildman–Crippen LogP) is 2.98. The van der Waals surface area contributed by atoms with Gasteiger partial charge in [-0.25, -0.2) is 9.13 Å². The second-order valence-corrected chi connectivity index (χ2v) is 9.42. The molecular weight excluding hydrogens is 512 g/mol. The summed E-state index contributed by atoms with van der Waals surface area (Å²) in [5.41, 5.74) is 3.47. The van der Waals surface area contributed by atoms with Crippen molar-refractivity contribution in [3.63, 3.8) is 0 Å². The summed E-state index contributed by atoms with van der Waals surface area (Å²) in [4.78, 5) is 4.64. The van der Waals surface area contributed by atoms with E-state index >= 15 is 0 Å². The summed E-state index contributed by atoms with van der Waals surface area (Å²) in [5, 5.41) is 25.8. The van der Waals surface area contributed by atoms with Gasteiger partial charge < -0.3 is 19.3 Å². The van der Waals surface area contributed by atoms with Crippen LogP contribution >= 0.6 is 0 Å². The minimum Gasteiger partial charge on any atom is -0.495 e. The zero-order valence-corrected chi connectivity index (χ0v) is 23.6. The van der Waals surface area contributed by atoms with E-state index in [1.54, 1.807) is 36.2 Å². The standard InChI is InChI=1S/C26H34N12O2/c1-33-17-27-35(3)25(33)31-29-19-7-9-21(23(15-19)39-5)37-11-13-38(14-12-37)22-10-8-20(16-24(22)40-6)30-32-26-34(2)18-28-36(26)4/h7-10,15-18H,11-14H2,1-6H3/q+2. The van der Waals surface area contributed by atoms with Crippen molar-refractivity contribution in [3.05, 3.63) is 49.1 Å². The highest BCUT2D eigenvalue weighted by Crippen LogP contribution is 2.36. The van der Waals surface area contributed by atoms with Crippen LogP contribution in [-0.4, -0.2) is 60.0 Å². The maximum atomic E-state index is 5.72. The third-order valence-electron chi connectivity index (χ3n) is 6.80. The maximum absolute atomic E-state index is 5.72. The number of azo groups is 2. The molecule has 1 fully saturated rings. The number of nitrogens with zero attached hydrogens (tertiary/aromatic N) is 12.